The van der Waals surface area contributed by atoms with E-state index in [1.807, 2.05) is 0 Å². The molecule has 0 atom stereocenters. The Balaban J connectivity index is 2.30. The fourth-order valence-corrected chi connectivity index (χ4v) is 3.16. The molecule has 1 aliphatic carbocycles. The molecule has 1 fully saturated rings. The van der Waals surface area contributed by atoms with Crippen LogP contribution in [-0.2, 0) is 5.41 Å². The predicted octanol–water partition coefficient (Wildman–Crippen LogP) is 3.55. The minimum absolute atomic E-state index is 0.388. The molecule has 1 aromatic rings. The first-order valence-corrected chi connectivity index (χ1v) is 6.54. The maximum atomic E-state index is 5.82. The van der Waals surface area contributed by atoms with Crippen LogP contribution in [0.1, 0.15) is 49.7 Å². The summed E-state index contributed by atoms with van der Waals surface area (Å²) >= 11 is 0. The zero-order chi connectivity index (χ0) is 11.4. The van der Waals surface area contributed by atoms with Gasteiger partial charge in [-0.05, 0) is 43.7 Å². The van der Waals surface area contributed by atoms with Gasteiger partial charge in [0.1, 0.15) is 0 Å². The minimum atomic E-state index is 0.388. The Kier molecular flexibility index (Phi) is 3.65. The topological polar surface area (TPSA) is 26.0 Å². The van der Waals surface area contributed by atoms with Gasteiger partial charge in [0.2, 0.25) is 0 Å². The molecule has 0 aromatic heterocycles. The Hall–Kier alpha value is -0.820. The second-order valence-electron chi connectivity index (χ2n) is 5.25. The fourth-order valence-electron chi connectivity index (χ4n) is 3.16. The van der Waals surface area contributed by atoms with Crippen molar-refractivity contribution in [1.82, 2.24) is 0 Å². The van der Waals surface area contributed by atoms with E-state index in [1.165, 1.54) is 43.2 Å². The van der Waals surface area contributed by atoms with Gasteiger partial charge in [-0.3, -0.25) is 0 Å². The number of rotatable bonds is 3. The second-order valence-corrected chi connectivity index (χ2v) is 5.25. The number of hydrogen-bond acceptors (Lipinski definition) is 1. The van der Waals surface area contributed by atoms with Crippen LogP contribution >= 0.6 is 0 Å². The Morgan fingerprint density at radius 2 is 1.94 bits per heavy atom. The normalized spacial score (nSPS) is 19.6. The molecule has 0 spiro atoms. The molecule has 1 aliphatic rings. The molecule has 0 radical (unpaired) electrons. The van der Waals surface area contributed by atoms with E-state index >= 15 is 0 Å². The lowest BCUT2D eigenvalue weighted by atomic mass is 9.67. The van der Waals surface area contributed by atoms with Gasteiger partial charge >= 0.3 is 0 Å². The smallest absolute Gasteiger partial charge is 0.00349 e. The quantitative estimate of drug-likeness (QED) is 0.823. The molecule has 2 N–H and O–H groups in total. The first-order chi connectivity index (χ1) is 7.77. The van der Waals surface area contributed by atoms with Gasteiger partial charge in [-0.1, -0.05) is 49.1 Å². The van der Waals surface area contributed by atoms with Gasteiger partial charge in [0.25, 0.3) is 0 Å². The summed E-state index contributed by atoms with van der Waals surface area (Å²) in [4.78, 5) is 0. The van der Waals surface area contributed by atoms with Crippen molar-refractivity contribution in [3.63, 3.8) is 0 Å². The highest BCUT2D eigenvalue weighted by molar-refractivity contribution is 5.30. The van der Waals surface area contributed by atoms with Crippen LogP contribution in [-0.4, -0.2) is 6.54 Å². The Bertz CT molecular complexity index is 332. The number of aryl methyl sites for hydroxylation is 1. The van der Waals surface area contributed by atoms with Crippen LogP contribution in [0.3, 0.4) is 0 Å². The first kappa shape index (κ1) is 11.7. The summed E-state index contributed by atoms with van der Waals surface area (Å²) in [6.07, 6.45) is 7.94. The number of hydrogen-bond donors (Lipinski definition) is 1. The molecule has 1 nitrogen and oxygen atoms in total. The van der Waals surface area contributed by atoms with Crippen LogP contribution in [0.2, 0.25) is 0 Å². The average molecular weight is 217 g/mol. The van der Waals surface area contributed by atoms with Crippen molar-refractivity contribution in [3.05, 3.63) is 35.4 Å². The summed E-state index contributed by atoms with van der Waals surface area (Å²) in [5, 5.41) is 0. The lowest BCUT2D eigenvalue weighted by Gasteiger charge is -2.38. The molecule has 0 unspecified atom stereocenters. The first-order valence-electron chi connectivity index (χ1n) is 6.54. The van der Waals surface area contributed by atoms with Crippen LogP contribution < -0.4 is 5.73 Å². The summed E-state index contributed by atoms with van der Waals surface area (Å²) in [6, 6.07) is 9.04. The van der Waals surface area contributed by atoms with Gasteiger partial charge in [-0.2, -0.15) is 0 Å². The predicted molar refractivity (Wildman–Crippen MR) is 69.6 cm³/mol. The van der Waals surface area contributed by atoms with E-state index in [4.69, 9.17) is 5.73 Å². The maximum absolute atomic E-state index is 5.82. The Labute approximate surface area is 99.0 Å². The Morgan fingerprint density at radius 3 is 2.56 bits per heavy atom. The van der Waals surface area contributed by atoms with Gasteiger partial charge in [-0.15, -0.1) is 0 Å². The third kappa shape index (κ3) is 2.30. The lowest BCUT2D eigenvalue weighted by Crippen LogP contribution is -2.31. The molecule has 88 valence electrons. The van der Waals surface area contributed by atoms with Crippen LogP contribution in [0.5, 0.6) is 0 Å². The van der Waals surface area contributed by atoms with Crippen molar-refractivity contribution in [3.8, 4) is 0 Å². The molecule has 0 saturated heterocycles. The van der Waals surface area contributed by atoms with Crippen LogP contribution in [0.4, 0.5) is 0 Å². The minimum Gasteiger partial charge on any atom is -0.330 e. The molecule has 0 amide bonds. The van der Waals surface area contributed by atoms with Crippen molar-refractivity contribution in [1.29, 1.82) is 0 Å². The molecular formula is C15H23N. The summed E-state index contributed by atoms with van der Waals surface area (Å²) in [5.41, 5.74) is 9.11. The van der Waals surface area contributed by atoms with E-state index in [0.717, 1.165) is 13.0 Å². The zero-order valence-electron chi connectivity index (χ0n) is 10.3. The van der Waals surface area contributed by atoms with Crippen molar-refractivity contribution >= 4 is 0 Å². The molecular weight excluding hydrogens is 194 g/mol. The molecule has 1 saturated carbocycles. The van der Waals surface area contributed by atoms with E-state index in [-0.39, 0.29) is 0 Å². The van der Waals surface area contributed by atoms with Crippen molar-refractivity contribution in [2.45, 2.75) is 50.9 Å². The second kappa shape index (κ2) is 5.01. The lowest BCUT2D eigenvalue weighted by molar-refractivity contribution is 0.277. The van der Waals surface area contributed by atoms with E-state index in [0.29, 0.717) is 5.41 Å². The van der Waals surface area contributed by atoms with Crippen LogP contribution in [0, 0.1) is 6.92 Å². The molecule has 0 heterocycles. The summed E-state index contributed by atoms with van der Waals surface area (Å²) in [7, 11) is 0. The third-order valence-corrected chi connectivity index (χ3v) is 4.06. The van der Waals surface area contributed by atoms with Gasteiger partial charge in [-0.25, -0.2) is 0 Å². The van der Waals surface area contributed by atoms with E-state index in [9.17, 15) is 0 Å². The molecule has 2 rings (SSSR count). The number of nitrogens with two attached hydrogens (primary N) is 1. The summed E-state index contributed by atoms with van der Waals surface area (Å²) in [5.74, 6) is 0. The standard InChI is InChI=1S/C15H23N/c1-13-6-5-7-14(12-13)15(10-11-16)8-3-2-4-9-15/h5-7,12H,2-4,8-11,16H2,1H3. The van der Waals surface area contributed by atoms with E-state index in [1.54, 1.807) is 0 Å². The average Bonchev–Trinajstić information content (AvgIpc) is 2.31. The molecule has 0 bridgehead atoms. The highest BCUT2D eigenvalue weighted by Crippen LogP contribution is 2.41. The number of benzene rings is 1. The van der Waals surface area contributed by atoms with Gasteiger partial charge in [0.15, 0.2) is 0 Å². The van der Waals surface area contributed by atoms with E-state index in [2.05, 4.69) is 31.2 Å². The molecule has 1 heteroatoms. The Morgan fingerprint density at radius 1 is 1.19 bits per heavy atom. The van der Waals surface area contributed by atoms with E-state index < -0.39 is 0 Å². The highest BCUT2D eigenvalue weighted by atomic mass is 14.5. The maximum Gasteiger partial charge on any atom is -0.00349 e. The monoisotopic (exact) mass is 217 g/mol. The summed E-state index contributed by atoms with van der Waals surface area (Å²) in [6.45, 7) is 3.00. The largest absolute Gasteiger partial charge is 0.330 e. The SMILES string of the molecule is Cc1cccc(C2(CCN)CCCCC2)c1. The zero-order valence-corrected chi connectivity index (χ0v) is 10.3. The van der Waals surface area contributed by atoms with Gasteiger partial charge in [0, 0.05) is 0 Å². The van der Waals surface area contributed by atoms with Crippen molar-refractivity contribution < 1.29 is 0 Å². The van der Waals surface area contributed by atoms with Gasteiger partial charge < -0.3 is 5.73 Å². The highest BCUT2D eigenvalue weighted by Gasteiger charge is 2.32. The van der Waals surface area contributed by atoms with Crippen molar-refractivity contribution in [2.24, 2.45) is 5.73 Å². The molecule has 16 heavy (non-hydrogen) atoms. The van der Waals surface area contributed by atoms with Crippen LogP contribution in [0.25, 0.3) is 0 Å². The fraction of sp³-hybridized carbons (Fsp3) is 0.600. The van der Waals surface area contributed by atoms with Crippen molar-refractivity contribution in [2.75, 3.05) is 6.54 Å². The summed E-state index contributed by atoms with van der Waals surface area (Å²) < 4.78 is 0. The van der Waals surface area contributed by atoms with Gasteiger partial charge in [0.05, 0.1) is 0 Å². The third-order valence-electron chi connectivity index (χ3n) is 4.06. The molecule has 0 aliphatic heterocycles. The van der Waals surface area contributed by atoms with Crippen LogP contribution in [0.15, 0.2) is 24.3 Å². The molecule has 1 aromatic carbocycles.